The van der Waals surface area contributed by atoms with E-state index in [1.807, 2.05) is 11.0 Å². The molecule has 8 nitrogen and oxygen atoms in total. The lowest BCUT2D eigenvalue weighted by Crippen LogP contribution is -2.45. The number of hydrogen-bond acceptors (Lipinski definition) is 7. The summed E-state index contributed by atoms with van der Waals surface area (Å²) in [7, 11) is 2.53. The number of benzene rings is 2. The van der Waals surface area contributed by atoms with Crippen LogP contribution in [0.4, 0.5) is 24.7 Å². The SMILES string of the molecule is CCN1CCN(Cc2ccc(NC(=O)COc3ccc(-c4cnc(N)c(C=N)c4)cc3P)cc2C(F)(F)F)CC1. The molecular formula is C28H32F3N6O2P. The third kappa shape index (κ3) is 7.35. The van der Waals surface area contributed by atoms with Gasteiger partial charge in [0.1, 0.15) is 11.6 Å². The summed E-state index contributed by atoms with van der Waals surface area (Å²) in [5, 5.41) is 10.6. The highest BCUT2D eigenvalue weighted by Gasteiger charge is 2.34. The van der Waals surface area contributed by atoms with Gasteiger partial charge in [-0.1, -0.05) is 19.1 Å². The zero-order valence-corrected chi connectivity index (χ0v) is 23.2. The Morgan fingerprint density at radius 1 is 1.12 bits per heavy atom. The van der Waals surface area contributed by atoms with Crippen molar-refractivity contribution in [2.24, 2.45) is 0 Å². The lowest BCUT2D eigenvalue weighted by molar-refractivity contribution is -0.138. The third-order valence-corrected chi connectivity index (χ3v) is 7.26. The maximum absolute atomic E-state index is 13.9. The van der Waals surface area contributed by atoms with Crippen LogP contribution in [0.5, 0.6) is 5.75 Å². The molecule has 2 heterocycles. The van der Waals surface area contributed by atoms with Crippen molar-refractivity contribution in [1.82, 2.24) is 14.8 Å². The number of piperazine rings is 1. The van der Waals surface area contributed by atoms with Gasteiger partial charge in [0.25, 0.3) is 5.91 Å². The molecule has 0 bridgehead atoms. The highest BCUT2D eigenvalue weighted by molar-refractivity contribution is 7.27. The molecule has 1 amide bonds. The largest absolute Gasteiger partial charge is 0.483 e. The normalized spacial score (nSPS) is 14.6. The van der Waals surface area contributed by atoms with Crippen molar-refractivity contribution < 1.29 is 22.7 Å². The van der Waals surface area contributed by atoms with Crippen LogP contribution < -0.4 is 21.1 Å². The van der Waals surface area contributed by atoms with Crippen molar-refractivity contribution in [3.63, 3.8) is 0 Å². The zero-order chi connectivity index (χ0) is 28.9. The number of nitrogens with two attached hydrogens (primary N) is 1. The van der Waals surface area contributed by atoms with Crippen molar-refractivity contribution in [3.8, 4) is 16.9 Å². The number of likely N-dealkylation sites (N-methyl/N-ethyl adjacent to an activating group) is 1. The molecule has 1 atom stereocenters. The predicted molar refractivity (Wildman–Crippen MR) is 154 cm³/mol. The summed E-state index contributed by atoms with van der Waals surface area (Å²) in [6, 6.07) is 10.9. The third-order valence-electron chi connectivity index (χ3n) is 6.81. The van der Waals surface area contributed by atoms with Crippen LogP contribution in [-0.4, -0.2) is 66.2 Å². The topological polar surface area (TPSA) is 108 Å². The average molecular weight is 573 g/mol. The van der Waals surface area contributed by atoms with Gasteiger partial charge in [0.2, 0.25) is 0 Å². The lowest BCUT2D eigenvalue weighted by atomic mass is 10.0. The van der Waals surface area contributed by atoms with Gasteiger partial charge in [0.05, 0.1) is 5.56 Å². The van der Waals surface area contributed by atoms with Crippen LogP contribution in [0, 0.1) is 5.41 Å². The Morgan fingerprint density at radius 3 is 2.50 bits per heavy atom. The number of nitrogens with one attached hydrogen (secondary N) is 2. The first-order valence-corrected chi connectivity index (χ1v) is 13.4. The zero-order valence-electron chi connectivity index (χ0n) is 22.1. The number of aromatic nitrogens is 1. The number of ether oxygens (including phenoxy) is 1. The number of carbonyl (C=O) groups is 1. The van der Waals surface area contributed by atoms with Crippen LogP contribution in [0.25, 0.3) is 11.1 Å². The standard InChI is InChI=1S/C28H32F3N6O2P/c1-2-36-7-9-37(10-8-36)16-19-3-5-22(13-23(19)28(29,30)31)35-26(38)17-39-24-6-4-18(12-25(24)40)21-11-20(14-32)27(33)34-15-21/h3-6,11-15,32H,2,7-10,16-17,40H2,1H3,(H2,33,34)(H,35,38). The van der Waals surface area contributed by atoms with Gasteiger partial charge in [-0.25, -0.2) is 4.98 Å². The number of pyridine rings is 1. The number of halogens is 3. The highest BCUT2D eigenvalue weighted by atomic mass is 31.0. The average Bonchev–Trinajstić information content (AvgIpc) is 2.93. The molecule has 0 spiro atoms. The summed E-state index contributed by atoms with van der Waals surface area (Å²) in [5.41, 5.74) is 7.30. The molecule has 0 saturated carbocycles. The van der Waals surface area contributed by atoms with Crippen molar-refractivity contribution in [2.75, 3.05) is 50.4 Å². The van der Waals surface area contributed by atoms with E-state index in [0.717, 1.165) is 43.0 Å². The molecule has 1 aliphatic heterocycles. The van der Waals surface area contributed by atoms with Crippen LogP contribution in [0.2, 0.25) is 0 Å². The Balaban J connectivity index is 1.39. The minimum absolute atomic E-state index is 0.0553. The fourth-order valence-electron chi connectivity index (χ4n) is 4.53. The molecule has 1 aliphatic rings. The summed E-state index contributed by atoms with van der Waals surface area (Å²) >= 11 is 0. The summed E-state index contributed by atoms with van der Waals surface area (Å²) in [6.45, 7) is 5.90. The maximum atomic E-state index is 13.9. The Labute approximate surface area is 233 Å². The van der Waals surface area contributed by atoms with Crippen molar-refractivity contribution in [1.29, 1.82) is 5.41 Å². The quantitative estimate of drug-likeness (QED) is 0.264. The number of carbonyl (C=O) groups excluding carboxylic acids is 1. The van der Waals surface area contributed by atoms with E-state index in [9.17, 15) is 18.0 Å². The van der Waals surface area contributed by atoms with E-state index in [-0.39, 0.29) is 30.2 Å². The molecule has 3 aromatic rings. The Morgan fingerprint density at radius 2 is 1.85 bits per heavy atom. The van der Waals surface area contributed by atoms with E-state index in [1.165, 1.54) is 12.1 Å². The maximum Gasteiger partial charge on any atom is 0.416 e. The predicted octanol–water partition coefficient (Wildman–Crippen LogP) is 4.00. The van der Waals surface area contributed by atoms with E-state index >= 15 is 0 Å². The molecule has 2 aromatic carbocycles. The Hall–Kier alpha value is -3.53. The monoisotopic (exact) mass is 572 g/mol. The second kappa shape index (κ2) is 12.8. The van der Waals surface area contributed by atoms with Crippen LogP contribution in [0.15, 0.2) is 48.7 Å². The van der Waals surface area contributed by atoms with E-state index in [4.69, 9.17) is 15.9 Å². The van der Waals surface area contributed by atoms with E-state index in [2.05, 4.69) is 31.4 Å². The number of amides is 1. The molecule has 1 saturated heterocycles. The molecule has 4 rings (SSSR count). The number of nitrogen functional groups attached to an aromatic ring is 1. The number of hydrogen-bond donors (Lipinski definition) is 3. The summed E-state index contributed by atoms with van der Waals surface area (Å²) in [4.78, 5) is 20.9. The van der Waals surface area contributed by atoms with Crippen LogP contribution in [0.3, 0.4) is 0 Å². The molecule has 0 aliphatic carbocycles. The molecule has 1 aromatic heterocycles. The van der Waals surface area contributed by atoms with Crippen LogP contribution in [0.1, 0.15) is 23.6 Å². The molecule has 1 unspecified atom stereocenters. The van der Waals surface area contributed by atoms with Crippen molar-refractivity contribution >= 4 is 38.2 Å². The first-order valence-electron chi connectivity index (χ1n) is 12.8. The molecule has 0 radical (unpaired) electrons. The summed E-state index contributed by atoms with van der Waals surface area (Å²) in [6.07, 6.45) is -1.82. The fourth-order valence-corrected chi connectivity index (χ4v) is 4.89. The van der Waals surface area contributed by atoms with Crippen molar-refractivity contribution in [2.45, 2.75) is 19.6 Å². The molecule has 12 heteroatoms. The lowest BCUT2D eigenvalue weighted by Gasteiger charge is -2.34. The second-order valence-electron chi connectivity index (χ2n) is 9.51. The fraction of sp³-hybridized carbons (Fsp3) is 0.321. The van der Waals surface area contributed by atoms with Gasteiger partial charge in [-0.15, -0.1) is 9.24 Å². The van der Waals surface area contributed by atoms with Gasteiger partial charge in [-0.05, 0) is 48.0 Å². The highest BCUT2D eigenvalue weighted by Crippen LogP contribution is 2.34. The molecule has 40 heavy (non-hydrogen) atoms. The molecule has 1 fully saturated rings. The van der Waals surface area contributed by atoms with E-state index in [0.29, 0.717) is 29.7 Å². The van der Waals surface area contributed by atoms with E-state index < -0.39 is 17.6 Å². The minimum atomic E-state index is -4.55. The van der Waals surface area contributed by atoms with Gasteiger partial charge in [0, 0.05) is 67.3 Å². The Kier molecular flexibility index (Phi) is 9.40. The number of alkyl halides is 3. The minimum Gasteiger partial charge on any atom is -0.483 e. The van der Waals surface area contributed by atoms with Crippen LogP contribution >= 0.6 is 9.24 Å². The first kappa shape index (κ1) is 29.5. The van der Waals surface area contributed by atoms with Crippen molar-refractivity contribution in [3.05, 3.63) is 65.4 Å². The van der Waals surface area contributed by atoms with E-state index in [1.54, 1.807) is 24.4 Å². The Bertz CT molecular complexity index is 1380. The number of rotatable bonds is 9. The molecule has 4 N–H and O–H groups in total. The second-order valence-corrected chi connectivity index (χ2v) is 10.1. The van der Waals surface area contributed by atoms with Gasteiger partial charge >= 0.3 is 6.18 Å². The smallest absolute Gasteiger partial charge is 0.416 e. The van der Waals surface area contributed by atoms with Gasteiger partial charge < -0.3 is 26.1 Å². The van der Waals surface area contributed by atoms with Gasteiger partial charge in [0.15, 0.2) is 6.61 Å². The summed E-state index contributed by atoms with van der Waals surface area (Å²) in [5.74, 6) is 0.107. The van der Waals surface area contributed by atoms with Crippen LogP contribution in [-0.2, 0) is 17.5 Å². The molecular weight excluding hydrogens is 540 g/mol. The van der Waals surface area contributed by atoms with Gasteiger partial charge in [-0.2, -0.15) is 13.2 Å². The number of anilines is 2. The molecule has 212 valence electrons. The van der Waals surface area contributed by atoms with Gasteiger partial charge in [-0.3, -0.25) is 9.69 Å². The summed E-state index contributed by atoms with van der Waals surface area (Å²) < 4.78 is 47.3. The first-order chi connectivity index (χ1) is 19.1. The number of nitrogens with zero attached hydrogens (tertiary/aromatic N) is 3.